The number of hydrogen-bond donors (Lipinski definition) is 2. The molecule has 0 spiro atoms. The molecule has 1 heterocycles. The molecule has 0 radical (unpaired) electrons. The summed E-state index contributed by atoms with van der Waals surface area (Å²) in [7, 11) is 1.57. The Balaban J connectivity index is 2.65. The molecule has 0 bridgehead atoms. The van der Waals surface area contributed by atoms with Gasteiger partial charge >= 0.3 is 0 Å². The van der Waals surface area contributed by atoms with Crippen molar-refractivity contribution in [2.75, 3.05) is 7.11 Å². The maximum atomic E-state index is 9.61. The Kier molecular flexibility index (Phi) is 2.73. The number of ether oxygens (including phenoxy) is 2. The van der Waals surface area contributed by atoms with E-state index in [0.717, 1.165) is 0 Å². The predicted octanol–water partition coefficient (Wildman–Crippen LogP) is -0.154. The summed E-state index contributed by atoms with van der Waals surface area (Å²) in [5, 5.41) is 9.61. The van der Waals surface area contributed by atoms with Crippen molar-refractivity contribution in [2.24, 2.45) is 5.73 Å². The summed E-state index contributed by atoms with van der Waals surface area (Å²) in [6.45, 7) is 3.60. The van der Waals surface area contributed by atoms with Crippen molar-refractivity contribution in [3.8, 4) is 0 Å². The molecule has 0 aromatic carbocycles. The molecule has 4 heteroatoms. The quantitative estimate of drug-likeness (QED) is 0.581. The van der Waals surface area contributed by atoms with Gasteiger partial charge < -0.3 is 20.3 Å². The van der Waals surface area contributed by atoms with Crippen molar-refractivity contribution in [3.63, 3.8) is 0 Å². The normalized spacial score (nSPS) is 49.2. The molecule has 1 aliphatic heterocycles. The molecule has 72 valence electrons. The minimum atomic E-state index is -0.621. The fourth-order valence-corrected chi connectivity index (χ4v) is 1.52. The Morgan fingerprint density at radius 3 is 2.67 bits per heavy atom. The summed E-state index contributed by atoms with van der Waals surface area (Å²) in [4.78, 5) is 0. The Bertz CT molecular complexity index is 160. The minimum absolute atomic E-state index is 0.265. The standard InChI is InChI=1S/C8H17NO3/c1-5-7(10)8(2,9)4-6(11-3)12-5/h5-7,10H,4,9H2,1-3H3/t5-,6+,7+,8-/m0/s1. The molecule has 0 aromatic rings. The number of rotatable bonds is 1. The van der Waals surface area contributed by atoms with Crippen LogP contribution in [0.4, 0.5) is 0 Å². The second-order valence-corrected chi connectivity index (χ2v) is 3.66. The maximum Gasteiger partial charge on any atom is 0.159 e. The van der Waals surface area contributed by atoms with Gasteiger partial charge in [0.1, 0.15) is 0 Å². The second kappa shape index (κ2) is 3.30. The van der Waals surface area contributed by atoms with Gasteiger partial charge in [0.2, 0.25) is 0 Å². The molecule has 1 fully saturated rings. The Labute approximate surface area is 72.6 Å². The highest BCUT2D eigenvalue weighted by atomic mass is 16.7. The number of nitrogens with two attached hydrogens (primary N) is 1. The molecule has 4 atom stereocenters. The third-order valence-electron chi connectivity index (χ3n) is 2.36. The van der Waals surface area contributed by atoms with Crippen LogP contribution in [0.2, 0.25) is 0 Å². The highest BCUT2D eigenvalue weighted by Crippen LogP contribution is 2.26. The Morgan fingerprint density at radius 2 is 2.25 bits per heavy atom. The van der Waals surface area contributed by atoms with E-state index in [2.05, 4.69) is 0 Å². The topological polar surface area (TPSA) is 64.7 Å². The minimum Gasteiger partial charge on any atom is -0.389 e. The molecular formula is C8H17NO3. The summed E-state index contributed by atoms with van der Waals surface area (Å²) < 4.78 is 10.4. The number of methoxy groups -OCH3 is 1. The largest absolute Gasteiger partial charge is 0.389 e. The van der Waals surface area contributed by atoms with Crippen LogP contribution in [0.5, 0.6) is 0 Å². The van der Waals surface area contributed by atoms with Gasteiger partial charge in [-0.15, -0.1) is 0 Å². The predicted molar refractivity (Wildman–Crippen MR) is 44.6 cm³/mol. The van der Waals surface area contributed by atoms with Crippen molar-refractivity contribution in [1.82, 2.24) is 0 Å². The lowest BCUT2D eigenvalue weighted by atomic mass is 9.86. The van der Waals surface area contributed by atoms with Crippen molar-refractivity contribution < 1.29 is 14.6 Å². The van der Waals surface area contributed by atoms with Gasteiger partial charge in [-0.25, -0.2) is 0 Å². The van der Waals surface area contributed by atoms with E-state index in [-0.39, 0.29) is 12.4 Å². The molecule has 0 amide bonds. The van der Waals surface area contributed by atoms with Gasteiger partial charge in [0.15, 0.2) is 6.29 Å². The van der Waals surface area contributed by atoms with Crippen LogP contribution < -0.4 is 5.73 Å². The van der Waals surface area contributed by atoms with Crippen molar-refractivity contribution >= 4 is 0 Å². The molecule has 1 saturated heterocycles. The van der Waals surface area contributed by atoms with Crippen LogP contribution in [0.3, 0.4) is 0 Å². The Morgan fingerprint density at radius 1 is 1.67 bits per heavy atom. The van der Waals surface area contributed by atoms with E-state index >= 15 is 0 Å². The first-order valence-corrected chi connectivity index (χ1v) is 4.12. The van der Waals surface area contributed by atoms with E-state index in [9.17, 15) is 5.11 Å². The summed E-state index contributed by atoms with van der Waals surface area (Å²) in [6.07, 6.45) is -0.657. The number of aliphatic hydroxyl groups is 1. The van der Waals surface area contributed by atoms with Crippen LogP contribution in [0.25, 0.3) is 0 Å². The van der Waals surface area contributed by atoms with Gasteiger partial charge in [-0.1, -0.05) is 0 Å². The zero-order valence-electron chi connectivity index (χ0n) is 7.78. The van der Waals surface area contributed by atoms with Gasteiger partial charge in [0.25, 0.3) is 0 Å². The van der Waals surface area contributed by atoms with Crippen LogP contribution in [0.15, 0.2) is 0 Å². The molecule has 3 N–H and O–H groups in total. The van der Waals surface area contributed by atoms with E-state index in [0.29, 0.717) is 6.42 Å². The molecule has 12 heavy (non-hydrogen) atoms. The first-order valence-electron chi connectivity index (χ1n) is 4.12. The third-order valence-corrected chi connectivity index (χ3v) is 2.36. The van der Waals surface area contributed by atoms with Crippen LogP contribution >= 0.6 is 0 Å². The lowest BCUT2D eigenvalue weighted by Gasteiger charge is -2.42. The van der Waals surface area contributed by atoms with E-state index in [1.807, 2.05) is 6.92 Å². The molecule has 0 aliphatic carbocycles. The van der Waals surface area contributed by atoms with Crippen LogP contribution in [-0.2, 0) is 9.47 Å². The average Bonchev–Trinajstić information content (AvgIpc) is 1.99. The highest BCUT2D eigenvalue weighted by molar-refractivity contribution is 4.94. The van der Waals surface area contributed by atoms with Crippen LogP contribution in [0, 0.1) is 0 Å². The number of hydrogen-bond acceptors (Lipinski definition) is 4. The van der Waals surface area contributed by atoms with Gasteiger partial charge in [-0.3, -0.25) is 0 Å². The summed E-state index contributed by atoms with van der Waals surface area (Å²) in [5.74, 6) is 0. The van der Waals surface area contributed by atoms with Gasteiger partial charge in [0.05, 0.1) is 12.2 Å². The summed E-state index contributed by atoms with van der Waals surface area (Å²) >= 11 is 0. The molecule has 4 nitrogen and oxygen atoms in total. The first kappa shape index (κ1) is 9.92. The fraction of sp³-hybridized carbons (Fsp3) is 1.00. The van der Waals surface area contributed by atoms with Crippen molar-refractivity contribution in [3.05, 3.63) is 0 Å². The number of aliphatic hydroxyl groups excluding tert-OH is 1. The molecule has 1 rings (SSSR count). The zero-order valence-corrected chi connectivity index (χ0v) is 7.78. The highest BCUT2D eigenvalue weighted by Gasteiger charge is 2.41. The molecular weight excluding hydrogens is 158 g/mol. The monoisotopic (exact) mass is 175 g/mol. The van der Waals surface area contributed by atoms with Crippen molar-refractivity contribution in [2.45, 2.75) is 44.3 Å². The first-order chi connectivity index (χ1) is 5.47. The lowest BCUT2D eigenvalue weighted by Crippen LogP contribution is -2.60. The van der Waals surface area contributed by atoms with Gasteiger partial charge in [0, 0.05) is 19.1 Å². The summed E-state index contributed by atoms with van der Waals surface area (Å²) in [5.41, 5.74) is 5.25. The van der Waals surface area contributed by atoms with E-state index in [1.165, 1.54) is 0 Å². The molecule has 0 unspecified atom stereocenters. The molecule has 1 aliphatic rings. The van der Waals surface area contributed by atoms with Crippen LogP contribution in [0.1, 0.15) is 20.3 Å². The van der Waals surface area contributed by atoms with Gasteiger partial charge in [-0.2, -0.15) is 0 Å². The van der Waals surface area contributed by atoms with E-state index < -0.39 is 11.6 Å². The third kappa shape index (κ3) is 1.77. The lowest BCUT2D eigenvalue weighted by molar-refractivity contribution is -0.226. The SMILES string of the molecule is CO[C@H]1C[C@](C)(N)[C@H](O)[C@H](C)O1. The van der Waals surface area contributed by atoms with E-state index in [1.54, 1.807) is 14.0 Å². The average molecular weight is 175 g/mol. The summed E-state index contributed by atoms with van der Waals surface area (Å²) in [6, 6.07) is 0. The Hall–Kier alpha value is -0.160. The maximum absolute atomic E-state index is 9.61. The fourth-order valence-electron chi connectivity index (χ4n) is 1.52. The van der Waals surface area contributed by atoms with Crippen molar-refractivity contribution in [1.29, 1.82) is 0 Å². The van der Waals surface area contributed by atoms with Crippen LogP contribution in [-0.4, -0.2) is 36.3 Å². The second-order valence-electron chi connectivity index (χ2n) is 3.66. The van der Waals surface area contributed by atoms with Gasteiger partial charge in [-0.05, 0) is 13.8 Å². The molecule has 0 saturated carbocycles. The van der Waals surface area contributed by atoms with E-state index in [4.69, 9.17) is 15.2 Å². The zero-order chi connectivity index (χ0) is 9.35. The smallest absolute Gasteiger partial charge is 0.159 e. The molecule has 0 aromatic heterocycles.